The van der Waals surface area contributed by atoms with Gasteiger partial charge < -0.3 is 9.42 Å². The van der Waals surface area contributed by atoms with Gasteiger partial charge in [-0.25, -0.2) is 4.39 Å². The van der Waals surface area contributed by atoms with Gasteiger partial charge in [-0.1, -0.05) is 17.3 Å². The van der Waals surface area contributed by atoms with Crippen LogP contribution in [0.4, 0.5) is 4.39 Å². The molecule has 0 atom stereocenters. The lowest BCUT2D eigenvalue weighted by molar-refractivity contribution is -0.132. The van der Waals surface area contributed by atoms with Gasteiger partial charge in [0.05, 0.1) is 6.54 Å². The number of fused-ring (bicyclic) bond motifs is 1. The first-order valence-corrected chi connectivity index (χ1v) is 10.0. The minimum absolute atomic E-state index is 0.0239. The first-order chi connectivity index (χ1) is 14.4. The van der Waals surface area contributed by atoms with Crippen LogP contribution in [0.3, 0.4) is 0 Å². The fraction of sp³-hybridized carbons (Fsp3) is 0.292. The molecule has 0 saturated heterocycles. The number of rotatable bonds is 5. The highest BCUT2D eigenvalue weighted by Gasteiger charge is 2.27. The van der Waals surface area contributed by atoms with E-state index in [0.717, 1.165) is 27.9 Å². The number of hydrogen-bond acceptors (Lipinski definition) is 4. The van der Waals surface area contributed by atoms with Crippen molar-refractivity contribution in [3.8, 4) is 11.3 Å². The molecule has 154 valence electrons. The molecular weight excluding hydrogens is 383 g/mol. The molecule has 0 saturated carbocycles. The van der Waals surface area contributed by atoms with E-state index in [1.54, 1.807) is 17.0 Å². The molecule has 0 N–H and O–H groups in total. The molecule has 4 rings (SSSR count). The van der Waals surface area contributed by atoms with Crippen molar-refractivity contribution in [2.24, 2.45) is 0 Å². The Balaban J connectivity index is 1.38. The molecule has 30 heavy (non-hydrogen) atoms. The molecule has 0 spiro atoms. The van der Waals surface area contributed by atoms with E-state index in [0.29, 0.717) is 30.8 Å². The lowest BCUT2D eigenvalue weighted by Crippen LogP contribution is -2.36. The van der Waals surface area contributed by atoms with Crippen LogP contribution in [-0.2, 0) is 17.8 Å². The van der Waals surface area contributed by atoms with Crippen molar-refractivity contribution in [2.75, 3.05) is 6.54 Å². The first-order valence-electron chi connectivity index (χ1n) is 10.0. The summed E-state index contributed by atoms with van der Waals surface area (Å²) in [5.41, 5.74) is 5.29. The van der Waals surface area contributed by atoms with Crippen LogP contribution in [0.15, 0.2) is 47.0 Å². The highest BCUT2D eigenvalue weighted by atomic mass is 19.1. The summed E-state index contributed by atoms with van der Waals surface area (Å²) in [4.78, 5) is 26.8. The normalized spacial score (nSPS) is 13.2. The standard InChI is InChI=1S/C24H23FN2O3/c1-15-3-4-18(13-16(15)2)22(28)9-10-23(29)27-12-11-20-21(14-27)26-30-24(20)17-5-7-19(25)8-6-17/h3-8,13H,9-12,14H2,1-2H3. The smallest absolute Gasteiger partial charge is 0.223 e. The summed E-state index contributed by atoms with van der Waals surface area (Å²) >= 11 is 0. The number of ketones is 1. The van der Waals surface area contributed by atoms with Crippen molar-refractivity contribution in [1.29, 1.82) is 0 Å². The quantitative estimate of drug-likeness (QED) is 0.579. The van der Waals surface area contributed by atoms with Crippen molar-refractivity contribution < 1.29 is 18.5 Å². The Kier molecular flexibility index (Phi) is 5.48. The summed E-state index contributed by atoms with van der Waals surface area (Å²) in [6, 6.07) is 11.7. The summed E-state index contributed by atoms with van der Waals surface area (Å²) in [5, 5.41) is 4.12. The molecule has 0 fully saturated rings. The third-order valence-electron chi connectivity index (χ3n) is 5.70. The van der Waals surface area contributed by atoms with Crippen molar-refractivity contribution >= 4 is 11.7 Å². The number of carbonyl (C=O) groups excluding carboxylic acids is 2. The van der Waals surface area contributed by atoms with Crippen LogP contribution in [0, 0.1) is 19.7 Å². The maximum Gasteiger partial charge on any atom is 0.223 e. The van der Waals surface area contributed by atoms with Gasteiger partial charge in [-0.05, 0) is 61.7 Å². The molecule has 1 amide bonds. The average Bonchev–Trinajstić information content (AvgIpc) is 3.17. The van der Waals surface area contributed by atoms with Crippen LogP contribution in [-0.4, -0.2) is 28.3 Å². The second-order valence-corrected chi connectivity index (χ2v) is 7.73. The van der Waals surface area contributed by atoms with Gasteiger partial charge in [0.25, 0.3) is 0 Å². The number of benzene rings is 2. The first kappa shape index (κ1) is 20.0. The molecular formula is C24H23FN2O3. The minimum atomic E-state index is -0.306. The highest BCUT2D eigenvalue weighted by Crippen LogP contribution is 2.30. The Morgan fingerprint density at radius 3 is 2.57 bits per heavy atom. The lowest BCUT2D eigenvalue weighted by Gasteiger charge is -2.26. The van der Waals surface area contributed by atoms with E-state index in [4.69, 9.17) is 4.52 Å². The Bertz CT molecular complexity index is 1100. The van der Waals surface area contributed by atoms with Crippen molar-refractivity contribution in [3.05, 3.63) is 76.2 Å². The number of nitrogens with zero attached hydrogens (tertiary/aromatic N) is 2. The van der Waals surface area contributed by atoms with Crippen LogP contribution in [0.1, 0.15) is 45.6 Å². The van der Waals surface area contributed by atoms with Gasteiger partial charge in [0.15, 0.2) is 11.5 Å². The fourth-order valence-corrected chi connectivity index (χ4v) is 3.71. The van der Waals surface area contributed by atoms with Gasteiger partial charge in [-0.3, -0.25) is 9.59 Å². The highest BCUT2D eigenvalue weighted by molar-refractivity contribution is 5.98. The second-order valence-electron chi connectivity index (χ2n) is 7.73. The van der Waals surface area contributed by atoms with E-state index in [9.17, 15) is 14.0 Å². The number of amides is 1. The van der Waals surface area contributed by atoms with Crippen molar-refractivity contribution in [2.45, 2.75) is 39.7 Å². The predicted octanol–water partition coefficient (Wildman–Crippen LogP) is 4.65. The van der Waals surface area contributed by atoms with Crippen molar-refractivity contribution in [1.82, 2.24) is 10.1 Å². The maximum absolute atomic E-state index is 13.2. The van der Waals surface area contributed by atoms with Crippen LogP contribution >= 0.6 is 0 Å². The molecule has 3 aromatic rings. The molecule has 5 nitrogen and oxygen atoms in total. The number of halogens is 1. The second kappa shape index (κ2) is 8.22. The predicted molar refractivity (Wildman–Crippen MR) is 110 cm³/mol. The zero-order valence-electron chi connectivity index (χ0n) is 17.1. The zero-order chi connectivity index (χ0) is 21.3. The van der Waals surface area contributed by atoms with E-state index in [-0.39, 0.29) is 30.3 Å². The Labute approximate surface area is 174 Å². The van der Waals surface area contributed by atoms with Crippen molar-refractivity contribution in [3.63, 3.8) is 0 Å². The largest absolute Gasteiger partial charge is 0.356 e. The van der Waals surface area contributed by atoms with Gasteiger partial charge in [0.1, 0.15) is 11.5 Å². The molecule has 1 aliphatic heterocycles. The SMILES string of the molecule is Cc1ccc(C(=O)CCC(=O)N2CCc3c(noc3-c3ccc(F)cc3)C2)cc1C. The molecule has 0 bridgehead atoms. The number of aryl methyl sites for hydroxylation is 2. The van der Waals surface area contributed by atoms with Gasteiger partial charge in [0, 0.05) is 36.1 Å². The van der Waals surface area contributed by atoms with E-state index < -0.39 is 0 Å². The van der Waals surface area contributed by atoms with Gasteiger partial charge in [-0.15, -0.1) is 0 Å². The Hall–Kier alpha value is -3.28. The molecule has 1 aromatic heterocycles. The third kappa shape index (κ3) is 4.03. The number of hydrogen-bond donors (Lipinski definition) is 0. The van der Waals surface area contributed by atoms with E-state index in [1.165, 1.54) is 12.1 Å². The van der Waals surface area contributed by atoms with Gasteiger partial charge in [0.2, 0.25) is 5.91 Å². The van der Waals surface area contributed by atoms with Crippen LogP contribution < -0.4 is 0 Å². The molecule has 2 heterocycles. The van der Waals surface area contributed by atoms with Gasteiger partial charge >= 0.3 is 0 Å². The van der Waals surface area contributed by atoms with E-state index >= 15 is 0 Å². The number of Topliss-reactive ketones (excluding diaryl/α,β-unsaturated/α-hetero) is 1. The van der Waals surface area contributed by atoms with E-state index in [1.807, 2.05) is 32.0 Å². The lowest BCUT2D eigenvalue weighted by atomic mass is 9.99. The topological polar surface area (TPSA) is 63.4 Å². The summed E-state index contributed by atoms with van der Waals surface area (Å²) in [7, 11) is 0. The molecule has 1 aliphatic rings. The van der Waals surface area contributed by atoms with E-state index in [2.05, 4.69) is 5.16 Å². The Morgan fingerprint density at radius 2 is 1.83 bits per heavy atom. The zero-order valence-corrected chi connectivity index (χ0v) is 17.1. The molecule has 0 aliphatic carbocycles. The third-order valence-corrected chi connectivity index (χ3v) is 5.70. The fourth-order valence-electron chi connectivity index (χ4n) is 3.71. The average molecular weight is 406 g/mol. The summed E-state index contributed by atoms with van der Waals surface area (Å²) in [6.07, 6.45) is 0.969. The van der Waals surface area contributed by atoms with Crippen LogP contribution in [0.25, 0.3) is 11.3 Å². The molecule has 6 heteroatoms. The number of aromatic nitrogens is 1. The molecule has 0 unspecified atom stereocenters. The monoisotopic (exact) mass is 406 g/mol. The summed E-state index contributed by atoms with van der Waals surface area (Å²) in [5.74, 6) is 0.231. The van der Waals surface area contributed by atoms with Crippen LogP contribution in [0.2, 0.25) is 0 Å². The molecule has 0 radical (unpaired) electrons. The Morgan fingerprint density at radius 1 is 1.07 bits per heavy atom. The summed E-state index contributed by atoms with van der Waals surface area (Å²) < 4.78 is 18.7. The van der Waals surface area contributed by atoms with Gasteiger partial charge in [-0.2, -0.15) is 0 Å². The summed E-state index contributed by atoms with van der Waals surface area (Å²) in [6.45, 7) is 4.87. The maximum atomic E-state index is 13.2. The van der Waals surface area contributed by atoms with Crippen LogP contribution in [0.5, 0.6) is 0 Å². The molecule has 2 aromatic carbocycles. The minimum Gasteiger partial charge on any atom is -0.356 e. The number of carbonyl (C=O) groups is 2.